The molecular weight excluding hydrogens is 302 g/mol. The van der Waals surface area contributed by atoms with Gasteiger partial charge in [-0.2, -0.15) is 0 Å². The normalized spacial score (nSPS) is 19.2. The smallest absolute Gasteiger partial charge is 0.306 e. The third-order valence-electron chi connectivity index (χ3n) is 4.78. The molecule has 1 fully saturated rings. The molecule has 0 saturated carbocycles. The minimum absolute atomic E-state index is 0.0000243. The van der Waals surface area contributed by atoms with Crippen molar-refractivity contribution in [2.24, 2.45) is 0 Å². The summed E-state index contributed by atoms with van der Waals surface area (Å²) >= 11 is 0. The molecule has 4 heteroatoms. The quantitative estimate of drug-likeness (QED) is 0.370. The first-order valence-corrected chi connectivity index (χ1v) is 10.3. The van der Waals surface area contributed by atoms with Gasteiger partial charge >= 0.3 is 5.97 Å². The van der Waals surface area contributed by atoms with Crippen molar-refractivity contribution in [3.05, 3.63) is 0 Å². The highest BCUT2D eigenvalue weighted by Crippen LogP contribution is 2.13. The largest absolute Gasteiger partial charge is 0.460 e. The van der Waals surface area contributed by atoms with Gasteiger partial charge in [0.2, 0.25) is 0 Å². The van der Waals surface area contributed by atoms with Crippen molar-refractivity contribution in [1.29, 1.82) is 0 Å². The third-order valence-corrected chi connectivity index (χ3v) is 4.78. The molecule has 24 heavy (non-hydrogen) atoms. The van der Waals surface area contributed by atoms with Crippen LogP contribution in [0.4, 0.5) is 0 Å². The topological polar surface area (TPSA) is 47.6 Å². The SMILES string of the molecule is CCCCCCCCCCCCCC(=O)OC(C)C1CNCCO1. The second kappa shape index (κ2) is 14.7. The number of rotatable bonds is 14. The van der Waals surface area contributed by atoms with Crippen molar-refractivity contribution in [3.8, 4) is 0 Å². The van der Waals surface area contributed by atoms with E-state index in [1.807, 2.05) is 6.92 Å². The molecule has 142 valence electrons. The average molecular weight is 342 g/mol. The molecule has 1 rings (SSSR count). The molecule has 0 radical (unpaired) electrons. The lowest BCUT2D eigenvalue weighted by molar-refractivity contribution is -0.157. The predicted molar refractivity (Wildman–Crippen MR) is 99.2 cm³/mol. The Morgan fingerprint density at radius 1 is 1.04 bits per heavy atom. The van der Waals surface area contributed by atoms with Gasteiger partial charge in [-0.05, 0) is 13.3 Å². The first kappa shape index (κ1) is 21.4. The van der Waals surface area contributed by atoms with E-state index in [1.165, 1.54) is 57.8 Å². The molecule has 2 unspecified atom stereocenters. The van der Waals surface area contributed by atoms with Crippen molar-refractivity contribution >= 4 is 5.97 Å². The Morgan fingerprint density at radius 3 is 2.17 bits per heavy atom. The number of esters is 1. The fourth-order valence-corrected chi connectivity index (χ4v) is 3.16. The summed E-state index contributed by atoms with van der Waals surface area (Å²) in [7, 11) is 0. The molecule has 0 aromatic rings. The average Bonchev–Trinajstić information content (AvgIpc) is 2.60. The molecule has 1 aliphatic heterocycles. The van der Waals surface area contributed by atoms with Crippen LogP contribution in [0.2, 0.25) is 0 Å². The molecule has 1 N–H and O–H groups in total. The predicted octanol–water partition coefficient (Wildman–Crippen LogP) is 4.61. The zero-order chi connectivity index (χ0) is 17.5. The van der Waals surface area contributed by atoms with E-state index in [0.29, 0.717) is 13.0 Å². The molecule has 0 aliphatic carbocycles. The fourth-order valence-electron chi connectivity index (χ4n) is 3.16. The van der Waals surface area contributed by atoms with Crippen molar-refractivity contribution in [2.75, 3.05) is 19.7 Å². The van der Waals surface area contributed by atoms with E-state index >= 15 is 0 Å². The van der Waals surface area contributed by atoms with Crippen LogP contribution in [0.25, 0.3) is 0 Å². The van der Waals surface area contributed by atoms with Gasteiger partial charge in [0, 0.05) is 19.5 Å². The summed E-state index contributed by atoms with van der Waals surface area (Å²) in [5, 5.41) is 3.26. The van der Waals surface area contributed by atoms with Crippen LogP contribution in [0.5, 0.6) is 0 Å². The Labute approximate surface area is 149 Å². The van der Waals surface area contributed by atoms with Crippen LogP contribution in [-0.4, -0.2) is 37.9 Å². The summed E-state index contributed by atoms with van der Waals surface area (Å²) in [5.41, 5.74) is 0. The maximum atomic E-state index is 11.9. The van der Waals surface area contributed by atoms with Crippen LogP contribution < -0.4 is 5.32 Å². The number of hydrogen-bond donors (Lipinski definition) is 1. The van der Waals surface area contributed by atoms with Gasteiger partial charge in [-0.25, -0.2) is 0 Å². The molecule has 0 bridgehead atoms. The molecule has 4 nitrogen and oxygen atoms in total. The Kier molecular flexibility index (Phi) is 13.1. The minimum atomic E-state index is -0.155. The van der Waals surface area contributed by atoms with Gasteiger partial charge in [0.1, 0.15) is 12.2 Å². The summed E-state index contributed by atoms with van der Waals surface area (Å²) in [6, 6.07) is 0. The summed E-state index contributed by atoms with van der Waals surface area (Å²) in [6.07, 6.45) is 14.7. The van der Waals surface area contributed by atoms with Gasteiger partial charge in [0.05, 0.1) is 6.61 Å². The molecule has 2 atom stereocenters. The molecular formula is C20H39NO3. The van der Waals surface area contributed by atoms with E-state index in [1.54, 1.807) is 0 Å². The van der Waals surface area contributed by atoms with E-state index in [0.717, 1.165) is 25.9 Å². The van der Waals surface area contributed by atoms with Crippen LogP contribution in [-0.2, 0) is 14.3 Å². The molecule has 0 aromatic carbocycles. The van der Waals surface area contributed by atoms with E-state index in [4.69, 9.17) is 9.47 Å². The Morgan fingerprint density at radius 2 is 1.62 bits per heavy atom. The molecule has 0 amide bonds. The van der Waals surface area contributed by atoms with E-state index in [9.17, 15) is 4.79 Å². The Bertz CT molecular complexity index is 303. The number of hydrogen-bond acceptors (Lipinski definition) is 4. The first-order valence-electron chi connectivity index (χ1n) is 10.3. The van der Waals surface area contributed by atoms with Crippen LogP contribution in [0.1, 0.15) is 90.9 Å². The summed E-state index contributed by atoms with van der Waals surface area (Å²) in [4.78, 5) is 11.9. The van der Waals surface area contributed by atoms with E-state index < -0.39 is 0 Å². The van der Waals surface area contributed by atoms with Gasteiger partial charge in [0.15, 0.2) is 0 Å². The van der Waals surface area contributed by atoms with Gasteiger partial charge in [-0.1, -0.05) is 71.1 Å². The standard InChI is InChI=1S/C20H39NO3/c1-3-4-5-6-7-8-9-10-11-12-13-14-20(22)24-18(2)19-17-21-15-16-23-19/h18-19,21H,3-17H2,1-2H3. The lowest BCUT2D eigenvalue weighted by Crippen LogP contribution is -2.45. The second-order valence-corrected chi connectivity index (χ2v) is 7.09. The number of ether oxygens (including phenoxy) is 2. The van der Waals surface area contributed by atoms with Crippen LogP contribution in [0.3, 0.4) is 0 Å². The summed E-state index contributed by atoms with van der Waals surface area (Å²) in [5.74, 6) is -0.0763. The van der Waals surface area contributed by atoms with Crippen LogP contribution in [0.15, 0.2) is 0 Å². The number of unbranched alkanes of at least 4 members (excludes halogenated alkanes) is 10. The number of carbonyl (C=O) groups is 1. The molecule has 1 heterocycles. The first-order chi connectivity index (χ1) is 11.7. The van der Waals surface area contributed by atoms with Crippen molar-refractivity contribution < 1.29 is 14.3 Å². The molecule has 0 aromatic heterocycles. The van der Waals surface area contributed by atoms with Crippen molar-refractivity contribution in [3.63, 3.8) is 0 Å². The van der Waals surface area contributed by atoms with Gasteiger partial charge in [0.25, 0.3) is 0 Å². The lowest BCUT2D eigenvalue weighted by Gasteiger charge is -2.28. The molecule has 1 saturated heterocycles. The molecule has 0 spiro atoms. The van der Waals surface area contributed by atoms with Crippen molar-refractivity contribution in [2.45, 2.75) is 103 Å². The summed E-state index contributed by atoms with van der Waals surface area (Å²) in [6.45, 7) is 6.54. The maximum absolute atomic E-state index is 11.9. The Balaban J connectivity index is 1.87. The van der Waals surface area contributed by atoms with Gasteiger partial charge < -0.3 is 14.8 Å². The highest BCUT2D eigenvalue weighted by molar-refractivity contribution is 5.69. The second-order valence-electron chi connectivity index (χ2n) is 7.09. The highest BCUT2D eigenvalue weighted by Gasteiger charge is 2.23. The van der Waals surface area contributed by atoms with E-state index in [-0.39, 0.29) is 18.2 Å². The number of morpholine rings is 1. The van der Waals surface area contributed by atoms with Gasteiger partial charge in [-0.15, -0.1) is 0 Å². The zero-order valence-corrected chi connectivity index (χ0v) is 16.0. The van der Waals surface area contributed by atoms with Crippen molar-refractivity contribution in [1.82, 2.24) is 5.32 Å². The molecule has 1 aliphatic rings. The van der Waals surface area contributed by atoms with Crippen LogP contribution in [0, 0.1) is 0 Å². The maximum Gasteiger partial charge on any atom is 0.306 e. The number of nitrogens with one attached hydrogen (secondary N) is 1. The third kappa shape index (κ3) is 11.0. The zero-order valence-electron chi connectivity index (χ0n) is 16.0. The lowest BCUT2D eigenvalue weighted by atomic mass is 10.1. The summed E-state index contributed by atoms with van der Waals surface area (Å²) < 4.78 is 11.1. The monoisotopic (exact) mass is 341 g/mol. The highest BCUT2D eigenvalue weighted by atomic mass is 16.6. The fraction of sp³-hybridized carbons (Fsp3) is 0.950. The minimum Gasteiger partial charge on any atom is -0.460 e. The number of carbonyl (C=O) groups excluding carboxylic acids is 1. The Hall–Kier alpha value is -0.610. The van der Waals surface area contributed by atoms with Crippen LogP contribution >= 0.6 is 0 Å². The van der Waals surface area contributed by atoms with E-state index in [2.05, 4.69) is 12.2 Å². The van der Waals surface area contributed by atoms with Gasteiger partial charge in [-0.3, -0.25) is 4.79 Å².